The predicted molar refractivity (Wildman–Crippen MR) is 108 cm³/mol. The van der Waals surface area contributed by atoms with E-state index in [1.807, 2.05) is 30.3 Å². The number of rotatable bonds is 5. The first kappa shape index (κ1) is 18.1. The van der Waals surface area contributed by atoms with Gasteiger partial charge in [0, 0.05) is 5.69 Å². The van der Waals surface area contributed by atoms with Gasteiger partial charge in [0.15, 0.2) is 5.11 Å². The Morgan fingerprint density at radius 1 is 1.04 bits per heavy atom. The van der Waals surface area contributed by atoms with Gasteiger partial charge >= 0.3 is 0 Å². The van der Waals surface area contributed by atoms with Gasteiger partial charge < -0.3 is 5.32 Å². The summed E-state index contributed by atoms with van der Waals surface area (Å²) in [5, 5.41) is 8.27. The molecule has 2 rings (SSSR count). The summed E-state index contributed by atoms with van der Waals surface area (Å²) in [5.41, 5.74) is 8.55. The van der Waals surface area contributed by atoms with Gasteiger partial charge in [-0.25, -0.2) is 0 Å². The Hall–Kier alpha value is -2.20. The molecule has 0 aromatic heterocycles. The van der Waals surface area contributed by atoms with Crippen LogP contribution in [0.25, 0.3) is 0 Å². The summed E-state index contributed by atoms with van der Waals surface area (Å²) < 4.78 is 0. The van der Waals surface area contributed by atoms with Gasteiger partial charge in [0.1, 0.15) is 0 Å². The van der Waals surface area contributed by atoms with E-state index in [9.17, 15) is 0 Å². The summed E-state index contributed by atoms with van der Waals surface area (Å²) in [4.78, 5) is 0. The van der Waals surface area contributed by atoms with E-state index >= 15 is 0 Å². The van der Waals surface area contributed by atoms with Gasteiger partial charge in [-0.05, 0) is 61.2 Å². The molecule has 0 bridgehead atoms. The number of aryl methyl sites for hydroxylation is 1. The highest BCUT2D eigenvalue weighted by atomic mass is 32.1. The van der Waals surface area contributed by atoms with E-state index in [2.05, 4.69) is 61.7 Å². The Morgan fingerprint density at radius 3 is 2.42 bits per heavy atom. The summed E-state index contributed by atoms with van der Waals surface area (Å²) in [6.07, 6.45) is 0.892. The first-order valence-electron chi connectivity index (χ1n) is 8.22. The van der Waals surface area contributed by atoms with Crippen LogP contribution in [0.15, 0.2) is 53.6 Å². The quantitative estimate of drug-likeness (QED) is 0.455. The molecule has 126 valence electrons. The Morgan fingerprint density at radius 2 is 1.75 bits per heavy atom. The van der Waals surface area contributed by atoms with Gasteiger partial charge in [0.25, 0.3) is 0 Å². The molecule has 0 spiro atoms. The Balaban J connectivity index is 2.10. The van der Waals surface area contributed by atoms with E-state index in [4.69, 9.17) is 12.2 Å². The standard InChI is InChI=1S/C20H25N3S/c1-14(2)13-19(17-10-6-5-7-11-17)22-23-20(24)21-18-12-8-9-15(3)16(18)4/h5-12,14H,13H2,1-4H3,(H2,21,23,24)/b22-19-. The van der Waals surface area contributed by atoms with Gasteiger partial charge in [0.2, 0.25) is 0 Å². The van der Waals surface area contributed by atoms with Crippen molar-refractivity contribution in [2.24, 2.45) is 11.0 Å². The van der Waals surface area contributed by atoms with Crippen LogP contribution >= 0.6 is 12.2 Å². The number of thiocarbonyl (C=S) groups is 1. The Labute approximate surface area is 150 Å². The van der Waals surface area contributed by atoms with Crippen molar-refractivity contribution in [3.05, 3.63) is 65.2 Å². The summed E-state index contributed by atoms with van der Waals surface area (Å²) in [6, 6.07) is 16.3. The zero-order valence-corrected chi connectivity index (χ0v) is 15.6. The predicted octanol–water partition coefficient (Wildman–Crippen LogP) is 5.04. The molecule has 0 aliphatic carbocycles. The van der Waals surface area contributed by atoms with Crippen molar-refractivity contribution in [1.82, 2.24) is 5.43 Å². The summed E-state index contributed by atoms with van der Waals surface area (Å²) in [6.45, 7) is 8.54. The van der Waals surface area contributed by atoms with Crippen LogP contribution in [-0.2, 0) is 0 Å². The number of hydrogen-bond acceptors (Lipinski definition) is 2. The van der Waals surface area contributed by atoms with Gasteiger partial charge in [-0.3, -0.25) is 5.43 Å². The first-order valence-corrected chi connectivity index (χ1v) is 8.63. The fourth-order valence-electron chi connectivity index (χ4n) is 2.40. The Bertz CT molecular complexity index is 721. The molecule has 0 fully saturated rings. The topological polar surface area (TPSA) is 36.4 Å². The van der Waals surface area contributed by atoms with Gasteiger partial charge in [0.05, 0.1) is 5.71 Å². The zero-order chi connectivity index (χ0) is 17.5. The van der Waals surface area contributed by atoms with Crippen LogP contribution in [-0.4, -0.2) is 10.8 Å². The van der Waals surface area contributed by atoms with Gasteiger partial charge in [-0.1, -0.05) is 56.3 Å². The average Bonchev–Trinajstić information content (AvgIpc) is 2.56. The SMILES string of the molecule is Cc1cccc(NC(=S)N/N=C(/CC(C)C)c2ccccc2)c1C. The van der Waals surface area contributed by atoms with E-state index in [1.165, 1.54) is 11.1 Å². The van der Waals surface area contributed by atoms with Gasteiger partial charge in [-0.2, -0.15) is 5.10 Å². The van der Waals surface area contributed by atoms with Crippen molar-refractivity contribution in [1.29, 1.82) is 0 Å². The minimum Gasteiger partial charge on any atom is -0.331 e. The molecule has 0 unspecified atom stereocenters. The molecule has 0 saturated heterocycles. The number of hydrogen-bond donors (Lipinski definition) is 2. The molecular weight excluding hydrogens is 314 g/mol. The fraction of sp³-hybridized carbons (Fsp3) is 0.300. The first-order chi connectivity index (χ1) is 11.5. The maximum Gasteiger partial charge on any atom is 0.191 e. The normalized spacial score (nSPS) is 11.5. The van der Waals surface area contributed by atoms with E-state index in [-0.39, 0.29) is 0 Å². The highest BCUT2D eigenvalue weighted by molar-refractivity contribution is 7.80. The maximum absolute atomic E-state index is 5.39. The second-order valence-corrected chi connectivity index (χ2v) is 6.74. The monoisotopic (exact) mass is 339 g/mol. The van der Waals surface area contributed by atoms with Crippen LogP contribution in [0.2, 0.25) is 0 Å². The van der Waals surface area contributed by atoms with Crippen molar-refractivity contribution >= 4 is 28.7 Å². The number of anilines is 1. The lowest BCUT2D eigenvalue weighted by atomic mass is 10.0. The van der Waals surface area contributed by atoms with Crippen LogP contribution in [0.4, 0.5) is 5.69 Å². The number of nitrogens with zero attached hydrogens (tertiary/aromatic N) is 1. The maximum atomic E-state index is 5.39. The van der Waals surface area contributed by atoms with Crippen LogP contribution in [0, 0.1) is 19.8 Å². The molecule has 24 heavy (non-hydrogen) atoms. The largest absolute Gasteiger partial charge is 0.331 e. The second-order valence-electron chi connectivity index (χ2n) is 6.34. The second kappa shape index (κ2) is 8.60. The molecule has 3 nitrogen and oxygen atoms in total. The lowest BCUT2D eigenvalue weighted by molar-refractivity contribution is 0.681. The minimum absolute atomic E-state index is 0.501. The summed E-state index contributed by atoms with van der Waals surface area (Å²) in [5.74, 6) is 0.520. The number of nitrogens with one attached hydrogen (secondary N) is 2. The van der Waals surface area contributed by atoms with Crippen LogP contribution in [0.5, 0.6) is 0 Å². The number of hydrazone groups is 1. The fourth-order valence-corrected chi connectivity index (χ4v) is 2.56. The van der Waals surface area contributed by atoms with E-state index in [0.29, 0.717) is 11.0 Å². The molecule has 0 atom stereocenters. The lowest BCUT2D eigenvalue weighted by Gasteiger charge is -2.13. The van der Waals surface area contributed by atoms with Crippen molar-refractivity contribution in [2.75, 3.05) is 5.32 Å². The third-order valence-corrected chi connectivity index (χ3v) is 4.05. The molecule has 4 heteroatoms. The van der Waals surface area contributed by atoms with E-state index < -0.39 is 0 Å². The highest BCUT2D eigenvalue weighted by Crippen LogP contribution is 2.17. The smallest absolute Gasteiger partial charge is 0.191 e. The van der Waals surface area contributed by atoms with Crippen molar-refractivity contribution < 1.29 is 0 Å². The lowest BCUT2D eigenvalue weighted by Crippen LogP contribution is -2.26. The van der Waals surface area contributed by atoms with Crippen molar-refractivity contribution in [2.45, 2.75) is 34.1 Å². The van der Waals surface area contributed by atoms with Crippen LogP contribution in [0.3, 0.4) is 0 Å². The number of benzene rings is 2. The third-order valence-electron chi connectivity index (χ3n) is 3.85. The summed E-state index contributed by atoms with van der Waals surface area (Å²) >= 11 is 5.39. The molecule has 2 aromatic carbocycles. The highest BCUT2D eigenvalue weighted by Gasteiger charge is 2.07. The zero-order valence-electron chi connectivity index (χ0n) is 14.8. The molecule has 0 amide bonds. The molecule has 2 N–H and O–H groups in total. The molecular formula is C20H25N3S. The molecule has 0 radical (unpaired) electrons. The third kappa shape index (κ3) is 5.17. The van der Waals surface area contributed by atoms with E-state index in [1.54, 1.807) is 0 Å². The molecule has 0 heterocycles. The molecule has 2 aromatic rings. The minimum atomic E-state index is 0.501. The van der Waals surface area contributed by atoms with Gasteiger partial charge in [-0.15, -0.1) is 0 Å². The van der Waals surface area contributed by atoms with Crippen LogP contribution in [0.1, 0.15) is 37.0 Å². The summed E-state index contributed by atoms with van der Waals surface area (Å²) in [7, 11) is 0. The average molecular weight is 340 g/mol. The van der Waals surface area contributed by atoms with E-state index in [0.717, 1.165) is 23.4 Å². The Kier molecular flexibility index (Phi) is 6.50. The van der Waals surface area contributed by atoms with Crippen molar-refractivity contribution in [3.8, 4) is 0 Å². The molecule has 0 aliphatic heterocycles. The molecule has 0 saturated carbocycles. The van der Waals surface area contributed by atoms with Crippen LogP contribution < -0.4 is 10.7 Å². The molecule has 0 aliphatic rings. The van der Waals surface area contributed by atoms with Crippen molar-refractivity contribution in [3.63, 3.8) is 0 Å².